The van der Waals surface area contributed by atoms with Gasteiger partial charge in [0.1, 0.15) is 0 Å². The summed E-state index contributed by atoms with van der Waals surface area (Å²) in [7, 11) is -4.08. The lowest BCUT2D eigenvalue weighted by Crippen LogP contribution is -2.16. The van der Waals surface area contributed by atoms with Crippen molar-refractivity contribution in [3.63, 3.8) is 0 Å². The van der Waals surface area contributed by atoms with Gasteiger partial charge in [-0.2, -0.15) is 4.98 Å². The Kier molecular flexibility index (Phi) is 3.64. The summed E-state index contributed by atoms with van der Waals surface area (Å²) in [4.78, 5) is 18.2. The quantitative estimate of drug-likeness (QED) is 0.557. The summed E-state index contributed by atoms with van der Waals surface area (Å²) >= 11 is 0. The average Bonchev–Trinajstić information content (AvgIpc) is 2.87. The largest absolute Gasteiger partial charge is 0.276 e. The Morgan fingerprint density at radius 2 is 2.04 bits per heavy atom. The van der Waals surface area contributed by atoms with E-state index in [1.165, 1.54) is 29.8 Å². The number of benzene rings is 1. The second-order valence-electron chi connectivity index (χ2n) is 5.02. The molecule has 0 atom stereocenters. The SMILES string of the molecule is Cc1ccc(S(=O)(=O)Nc2nc3ncccn3n2)c(C)c1[N+](=O)[O-]. The van der Waals surface area contributed by atoms with Gasteiger partial charge in [0.2, 0.25) is 0 Å². The Morgan fingerprint density at radius 1 is 1.29 bits per heavy atom. The van der Waals surface area contributed by atoms with Crippen LogP contribution < -0.4 is 4.72 Å². The van der Waals surface area contributed by atoms with E-state index in [1.54, 1.807) is 19.2 Å². The number of nitro benzene ring substituents is 1. The summed E-state index contributed by atoms with van der Waals surface area (Å²) in [5.74, 6) is 0.0538. The summed E-state index contributed by atoms with van der Waals surface area (Å²) in [6, 6.07) is 4.32. The normalized spacial score (nSPS) is 11.6. The first-order chi connectivity index (χ1) is 11.3. The molecule has 3 aromatic rings. The third kappa shape index (κ3) is 2.65. The van der Waals surface area contributed by atoms with Crippen LogP contribution in [0.4, 0.5) is 11.6 Å². The van der Waals surface area contributed by atoms with E-state index in [0.29, 0.717) is 5.56 Å². The lowest BCUT2D eigenvalue weighted by Gasteiger charge is -2.09. The number of nitrogens with zero attached hydrogens (tertiary/aromatic N) is 5. The number of aromatic nitrogens is 4. The number of fused-ring (bicyclic) bond motifs is 1. The van der Waals surface area contributed by atoms with Crippen molar-refractivity contribution in [3.05, 3.63) is 51.8 Å². The van der Waals surface area contributed by atoms with E-state index >= 15 is 0 Å². The summed E-state index contributed by atoms with van der Waals surface area (Å²) in [5, 5.41) is 15.1. The molecule has 1 aromatic carbocycles. The molecule has 2 heterocycles. The van der Waals surface area contributed by atoms with E-state index in [4.69, 9.17) is 0 Å². The molecule has 1 N–H and O–H groups in total. The third-order valence-electron chi connectivity index (χ3n) is 3.40. The molecule has 0 spiro atoms. The Hall–Kier alpha value is -3.08. The molecule has 0 aliphatic carbocycles. The number of rotatable bonds is 4. The van der Waals surface area contributed by atoms with Crippen molar-refractivity contribution < 1.29 is 13.3 Å². The minimum absolute atomic E-state index is 0.0504. The fourth-order valence-electron chi connectivity index (χ4n) is 2.34. The van der Waals surface area contributed by atoms with Gasteiger partial charge in [0.15, 0.2) is 0 Å². The maximum absolute atomic E-state index is 12.5. The van der Waals surface area contributed by atoms with Gasteiger partial charge in [0.05, 0.1) is 9.82 Å². The van der Waals surface area contributed by atoms with Crippen molar-refractivity contribution >= 4 is 27.4 Å². The zero-order valence-electron chi connectivity index (χ0n) is 12.7. The van der Waals surface area contributed by atoms with Gasteiger partial charge >= 0.3 is 0 Å². The van der Waals surface area contributed by atoms with Crippen LogP contribution in [-0.2, 0) is 10.0 Å². The van der Waals surface area contributed by atoms with E-state index in [0.717, 1.165) is 0 Å². The molecule has 0 aliphatic heterocycles. The monoisotopic (exact) mass is 348 g/mol. The molecule has 0 aliphatic rings. The first-order valence-corrected chi connectivity index (χ1v) is 8.23. The number of hydrogen-bond acceptors (Lipinski definition) is 7. The Labute approximate surface area is 136 Å². The van der Waals surface area contributed by atoms with E-state index in [9.17, 15) is 18.5 Å². The van der Waals surface area contributed by atoms with Gasteiger partial charge in [-0.25, -0.2) is 22.6 Å². The number of aryl methyl sites for hydroxylation is 1. The molecule has 11 heteroatoms. The van der Waals surface area contributed by atoms with Crippen LogP contribution in [0.25, 0.3) is 5.78 Å². The van der Waals surface area contributed by atoms with Crippen LogP contribution >= 0.6 is 0 Å². The lowest BCUT2D eigenvalue weighted by atomic mass is 10.1. The first-order valence-electron chi connectivity index (χ1n) is 6.74. The number of hydrogen-bond donors (Lipinski definition) is 1. The molecule has 2 aromatic heterocycles. The Balaban J connectivity index is 2.05. The molecule has 0 fully saturated rings. The number of anilines is 1. The molecule has 3 rings (SSSR count). The second-order valence-corrected chi connectivity index (χ2v) is 6.67. The molecule has 124 valence electrons. The number of nitrogens with one attached hydrogen (secondary N) is 1. The van der Waals surface area contributed by atoms with Crippen LogP contribution in [0.5, 0.6) is 0 Å². The van der Waals surface area contributed by atoms with Crippen molar-refractivity contribution in [2.24, 2.45) is 0 Å². The minimum Gasteiger partial charge on any atom is -0.258 e. The standard InChI is InChI=1S/C13H12N6O4S/c1-8-4-5-10(9(2)11(8)19(20)21)24(22,23)17-12-15-13-14-6-3-7-18(13)16-12/h3-7H,1-2H3,(H,16,17). The van der Waals surface area contributed by atoms with E-state index in [2.05, 4.69) is 19.8 Å². The van der Waals surface area contributed by atoms with Crippen LogP contribution in [0.1, 0.15) is 11.1 Å². The van der Waals surface area contributed by atoms with Crippen LogP contribution in [-0.4, -0.2) is 32.9 Å². The van der Waals surface area contributed by atoms with Gasteiger partial charge < -0.3 is 0 Å². The topological polar surface area (TPSA) is 132 Å². The summed E-state index contributed by atoms with van der Waals surface area (Å²) in [5.41, 5.74) is 0.198. The highest BCUT2D eigenvalue weighted by molar-refractivity contribution is 7.92. The number of nitro groups is 1. The van der Waals surface area contributed by atoms with Crippen LogP contribution in [0, 0.1) is 24.0 Å². The molecule has 24 heavy (non-hydrogen) atoms. The highest BCUT2D eigenvalue weighted by Crippen LogP contribution is 2.29. The third-order valence-corrected chi connectivity index (χ3v) is 4.87. The molecule has 0 bridgehead atoms. The fraction of sp³-hybridized carbons (Fsp3) is 0.154. The van der Waals surface area contributed by atoms with Crippen LogP contribution in [0.3, 0.4) is 0 Å². The van der Waals surface area contributed by atoms with Crippen molar-refractivity contribution in [2.75, 3.05) is 4.72 Å². The van der Waals surface area contributed by atoms with Gasteiger partial charge in [-0.1, -0.05) is 6.07 Å². The number of sulfonamides is 1. The van der Waals surface area contributed by atoms with E-state index < -0.39 is 14.9 Å². The van der Waals surface area contributed by atoms with Gasteiger partial charge in [-0.15, -0.1) is 5.10 Å². The Bertz CT molecular complexity index is 1030. The molecule has 0 amide bonds. The van der Waals surface area contributed by atoms with Crippen LogP contribution in [0.2, 0.25) is 0 Å². The van der Waals surface area contributed by atoms with Crippen molar-refractivity contribution in [1.29, 1.82) is 0 Å². The molecule has 0 unspecified atom stereocenters. The zero-order chi connectivity index (χ0) is 17.5. The first kappa shape index (κ1) is 15.8. The predicted molar refractivity (Wildman–Crippen MR) is 84.2 cm³/mol. The molecule has 0 saturated carbocycles. The summed E-state index contributed by atoms with van der Waals surface area (Å²) < 4.78 is 28.6. The van der Waals surface area contributed by atoms with E-state index in [1.807, 2.05) is 0 Å². The van der Waals surface area contributed by atoms with Crippen LogP contribution in [0.15, 0.2) is 35.5 Å². The smallest absolute Gasteiger partial charge is 0.258 e. The van der Waals surface area contributed by atoms with Crippen molar-refractivity contribution in [2.45, 2.75) is 18.7 Å². The highest BCUT2D eigenvalue weighted by atomic mass is 32.2. The fourth-order valence-corrected chi connectivity index (χ4v) is 3.52. The average molecular weight is 348 g/mol. The maximum atomic E-state index is 12.5. The van der Waals surface area contributed by atoms with Crippen molar-refractivity contribution in [1.82, 2.24) is 19.6 Å². The summed E-state index contributed by atoms with van der Waals surface area (Å²) in [6.45, 7) is 2.93. The maximum Gasteiger partial charge on any atom is 0.276 e. The Morgan fingerprint density at radius 3 is 2.71 bits per heavy atom. The molecular weight excluding hydrogens is 336 g/mol. The van der Waals surface area contributed by atoms with Gasteiger partial charge in [0.25, 0.3) is 27.4 Å². The molecule has 10 nitrogen and oxygen atoms in total. The van der Waals surface area contributed by atoms with Gasteiger partial charge in [0, 0.05) is 23.5 Å². The zero-order valence-corrected chi connectivity index (χ0v) is 13.5. The lowest BCUT2D eigenvalue weighted by molar-refractivity contribution is -0.386. The second kappa shape index (κ2) is 5.53. The molecule has 0 saturated heterocycles. The minimum atomic E-state index is -4.08. The highest BCUT2D eigenvalue weighted by Gasteiger charge is 2.26. The van der Waals surface area contributed by atoms with Gasteiger partial charge in [-0.3, -0.25) is 10.1 Å². The van der Waals surface area contributed by atoms with Gasteiger partial charge in [-0.05, 0) is 26.0 Å². The summed E-state index contributed by atoms with van der Waals surface area (Å²) in [6.07, 6.45) is 3.06. The predicted octanol–water partition coefficient (Wildman–Crippen LogP) is 1.45. The molecular formula is C13H12N6O4S. The van der Waals surface area contributed by atoms with E-state index in [-0.39, 0.29) is 27.9 Å². The molecule has 0 radical (unpaired) electrons. The van der Waals surface area contributed by atoms with Crippen molar-refractivity contribution in [3.8, 4) is 0 Å².